The Labute approximate surface area is 381 Å². The predicted molar refractivity (Wildman–Crippen MR) is 263 cm³/mol. The molecule has 0 aliphatic carbocycles. The Kier molecular flexibility index (Phi) is 9.57. The topological polar surface area (TPSA) is 48.8 Å². The number of fused-ring (bicyclic) bond motifs is 4. The van der Waals surface area contributed by atoms with Crippen LogP contribution >= 0.6 is 0 Å². The second kappa shape index (κ2) is 15.5. The molecule has 0 aliphatic rings. The smallest absolute Gasteiger partial charge is 0.271 e. The zero-order chi connectivity index (χ0) is 49.0. The molecule has 0 N–H and O–H groups in total. The van der Waals surface area contributed by atoms with Gasteiger partial charge in [-0.05, 0) is 111 Å². The molecule has 0 aliphatic heterocycles. The lowest BCUT2D eigenvalue weighted by Crippen LogP contribution is -2.30. The van der Waals surface area contributed by atoms with Gasteiger partial charge in [0, 0.05) is 40.8 Å². The molecule has 6 nitrogen and oxygen atoms in total. The van der Waals surface area contributed by atoms with Gasteiger partial charge in [0.1, 0.15) is 17.3 Å². The van der Waals surface area contributed by atoms with E-state index in [0.29, 0.717) is 34.1 Å². The first kappa shape index (κ1) is 38.9. The van der Waals surface area contributed by atoms with Crippen molar-refractivity contribution in [3.63, 3.8) is 0 Å². The lowest BCUT2D eigenvalue weighted by Gasteiger charge is -2.23. The van der Waals surface area contributed by atoms with Crippen molar-refractivity contribution in [3.05, 3.63) is 144 Å². The van der Waals surface area contributed by atoms with Gasteiger partial charge in [0.25, 0.3) is 6.33 Å². The molecule has 326 valence electrons. The first-order valence-electron chi connectivity index (χ1n) is 24.2. The lowest BCUT2D eigenvalue weighted by molar-refractivity contribution is -0.572. The first-order valence-corrected chi connectivity index (χ1v) is 22.2. The Morgan fingerprint density at radius 2 is 1.03 bits per heavy atom. The van der Waals surface area contributed by atoms with Crippen molar-refractivity contribution in [2.75, 3.05) is 0 Å². The van der Waals surface area contributed by atoms with E-state index in [4.69, 9.17) is 14.7 Å². The van der Waals surface area contributed by atoms with Gasteiger partial charge in [-0.15, -0.1) is 0 Å². The third-order valence-electron chi connectivity index (χ3n) is 11.4. The number of benzene rings is 4. The first-order chi connectivity index (χ1) is 30.9. The Bertz CT molecular complexity index is 3150. The molecule has 4 aromatic heterocycles. The molecular formula is C57H67N5O. The number of aromatic nitrogens is 5. The zero-order valence-electron chi connectivity index (χ0n) is 44.0. The quantitative estimate of drug-likeness (QED) is 0.119. The van der Waals surface area contributed by atoms with Gasteiger partial charge in [0.15, 0.2) is 5.82 Å². The highest BCUT2D eigenvalue weighted by Crippen LogP contribution is 2.38. The van der Waals surface area contributed by atoms with Crippen LogP contribution in [0.25, 0.3) is 50.2 Å². The monoisotopic (exact) mass is 842 g/mol. The van der Waals surface area contributed by atoms with Crippen molar-refractivity contribution in [1.82, 2.24) is 19.1 Å². The number of hydrogen-bond donors (Lipinski definition) is 0. The summed E-state index contributed by atoms with van der Waals surface area (Å²) in [6.45, 7) is 31.2. The van der Waals surface area contributed by atoms with E-state index in [9.17, 15) is 5.48 Å². The van der Waals surface area contributed by atoms with Crippen LogP contribution in [0.4, 0.5) is 0 Å². The molecule has 0 atom stereocenters. The number of nitrogens with zero attached hydrogens (tertiary/aromatic N) is 5. The van der Waals surface area contributed by atoms with E-state index in [1.165, 1.54) is 11.1 Å². The van der Waals surface area contributed by atoms with E-state index < -0.39 is 23.6 Å². The molecular weight excluding hydrogens is 771 g/mol. The fourth-order valence-electron chi connectivity index (χ4n) is 8.19. The van der Waals surface area contributed by atoms with E-state index in [2.05, 4.69) is 134 Å². The highest BCUT2D eigenvalue weighted by Gasteiger charge is 2.24. The molecule has 6 heteroatoms. The Morgan fingerprint density at radius 1 is 0.524 bits per heavy atom. The van der Waals surface area contributed by atoms with Crippen LogP contribution in [0.15, 0.2) is 109 Å². The molecule has 0 unspecified atom stereocenters. The van der Waals surface area contributed by atoms with Crippen LogP contribution < -0.4 is 9.30 Å². The second-order valence-corrected chi connectivity index (χ2v) is 22.3. The molecule has 0 saturated carbocycles. The molecule has 0 amide bonds. The normalized spacial score (nSPS) is 14.5. The van der Waals surface area contributed by atoms with E-state index in [-0.39, 0.29) is 16.2 Å². The van der Waals surface area contributed by atoms with Gasteiger partial charge in [-0.2, -0.15) is 0 Å². The average molecular weight is 842 g/mol. The van der Waals surface area contributed by atoms with Gasteiger partial charge in [0.05, 0.1) is 27.8 Å². The van der Waals surface area contributed by atoms with E-state index in [0.717, 1.165) is 44.2 Å². The third kappa shape index (κ3) is 9.32. The van der Waals surface area contributed by atoms with Crippen molar-refractivity contribution in [1.29, 1.82) is 0 Å². The number of rotatable bonds is 7. The van der Waals surface area contributed by atoms with Gasteiger partial charge in [-0.3, -0.25) is 18.7 Å². The number of hydrogen-bond acceptors (Lipinski definition) is 3. The van der Waals surface area contributed by atoms with Crippen molar-refractivity contribution in [2.45, 2.75) is 133 Å². The summed E-state index contributed by atoms with van der Waals surface area (Å²) in [5.74, 6) is 2.67. The number of imidazole rings is 1. The van der Waals surface area contributed by atoms with Gasteiger partial charge in [-0.25, -0.2) is 4.98 Å². The predicted octanol–water partition coefficient (Wildman–Crippen LogP) is 14.5. The van der Waals surface area contributed by atoms with Crippen LogP contribution in [0.1, 0.15) is 137 Å². The molecule has 0 radical (unpaired) electrons. The lowest BCUT2D eigenvalue weighted by atomic mass is 9.84. The molecule has 4 aromatic carbocycles. The van der Waals surface area contributed by atoms with Crippen molar-refractivity contribution in [3.8, 4) is 28.8 Å². The van der Waals surface area contributed by atoms with E-state index in [1.807, 2.05) is 87.2 Å². The fourth-order valence-corrected chi connectivity index (χ4v) is 8.19. The molecule has 0 fully saturated rings. The summed E-state index contributed by atoms with van der Waals surface area (Å²) < 4.78 is 50.2. The van der Waals surface area contributed by atoms with Crippen LogP contribution in [0.2, 0.25) is 0 Å². The summed E-state index contributed by atoms with van der Waals surface area (Å²) >= 11 is 0. The van der Waals surface area contributed by atoms with Crippen LogP contribution in [-0.4, -0.2) is 19.1 Å². The van der Waals surface area contributed by atoms with E-state index in [1.54, 1.807) is 12.3 Å². The van der Waals surface area contributed by atoms with Crippen molar-refractivity contribution < 1.29 is 14.8 Å². The molecule has 8 aromatic rings. The molecule has 0 bridgehead atoms. The van der Waals surface area contributed by atoms with Crippen LogP contribution in [0.3, 0.4) is 0 Å². The summed E-state index contributed by atoms with van der Waals surface area (Å²) in [6, 6.07) is 32.8. The minimum absolute atomic E-state index is 0.0450. The molecule has 63 heavy (non-hydrogen) atoms. The maximum Gasteiger partial charge on any atom is 0.271 e. The SMILES string of the molecule is [2H]C([2H])(c1cc(-[n+]2[c-]n(-c3cc(Oc4ccc5c6ccc(C(C)(C)C)cc6n(-c6cc(C(C)(C)C)ccn6)c5c4)ccn3)c3cc(C(C)(C)C)ccc32)cc(C([2H])([2H])C(C)(C)C)c1)C(C)(C)C. The highest BCUT2D eigenvalue weighted by atomic mass is 16.5. The Hall–Kier alpha value is -5.75. The maximum atomic E-state index is 9.33. The van der Waals surface area contributed by atoms with Crippen LogP contribution in [-0.2, 0) is 29.0 Å². The summed E-state index contributed by atoms with van der Waals surface area (Å²) in [4.78, 5) is 9.81. The van der Waals surface area contributed by atoms with Gasteiger partial charge >= 0.3 is 0 Å². The standard InChI is InChI=1S/C57H67N5O/c1-53(2,3)34-37-26-38(35-54(4,5)6)28-42(27-37)60-36-61(50-30-40(56(10,11)12)17-21-47(50)60)51-33-44(23-25-58-51)63-43-18-20-46-45-19-16-39(55(7,8)9)29-48(45)62(49(46)32-43)52-31-41(22-24-59-52)57(13,14)15/h16-33H,34-35H2,1-15H3/i34D2,35D2. The van der Waals surface area contributed by atoms with Crippen molar-refractivity contribution in [2.24, 2.45) is 10.8 Å². The third-order valence-corrected chi connectivity index (χ3v) is 11.4. The summed E-state index contributed by atoms with van der Waals surface area (Å²) in [5.41, 5.74) is 6.91. The van der Waals surface area contributed by atoms with Gasteiger partial charge in [0.2, 0.25) is 0 Å². The van der Waals surface area contributed by atoms with E-state index >= 15 is 0 Å². The molecule has 4 heterocycles. The Morgan fingerprint density at radius 3 is 1.63 bits per heavy atom. The summed E-state index contributed by atoms with van der Waals surface area (Å²) in [7, 11) is 0. The minimum Gasteiger partial charge on any atom is -0.458 e. The van der Waals surface area contributed by atoms with Gasteiger partial charge in [-0.1, -0.05) is 145 Å². The second-order valence-electron chi connectivity index (χ2n) is 22.3. The Balaban J connectivity index is 1.29. The van der Waals surface area contributed by atoms with Gasteiger partial charge < -0.3 is 4.74 Å². The highest BCUT2D eigenvalue weighted by molar-refractivity contribution is 6.09. The van der Waals surface area contributed by atoms with Crippen LogP contribution in [0, 0.1) is 17.2 Å². The largest absolute Gasteiger partial charge is 0.458 e. The summed E-state index contributed by atoms with van der Waals surface area (Å²) in [6.07, 6.45) is 3.66. The minimum atomic E-state index is -1.78. The van der Waals surface area contributed by atoms with Crippen LogP contribution in [0.5, 0.6) is 11.5 Å². The fraction of sp³-hybridized carbons (Fsp3) is 0.386. The van der Waals surface area contributed by atoms with Crippen molar-refractivity contribution >= 4 is 32.8 Å². The maximum absolute atomic E-state index is 9.33. The summed E-state index contributed by atoms with van der Waals surface area (Å²) in [5, 5.41) is 2.25. The molecule has 8 rings (SSSR count). The average Bonchev–Trinajstić information content (AvgIpc) is 3.77. The molecule has 0 spiro atoms. The zero-order valence-corrected chi connectivity index (χ0v) is 40.0. The number of pyridine rings is 2. The molecule has 0 saturated heterocycles. The number of ether oxygens (including phenoxy) is 1.